The van der Waals surface area contributed by atoms with E-state index in [-0.39, 0.29) is 17.1 Å². The lowest BCUT2D eigenvalue weighted by atomic mass is 9.98. The van der Waals surface area contributed by atoms with E-state index >= 15 is 0 Å². The molecule has 0 aliphatic rings. The van der Waals surface area contributed by atoms with E-state index in [0.29, 0.717) is 17.9 Å². The highest BCUT2D eigenvalue weighted by atomic mass is 16.5. The molecular formula is C24H35NO4. The molecule has 5 nitrogen and oxygen atoms in total. The number of H-pyrrole nitrogens is 1. The summed E-state index contributed by atoms with van der Waals surface area (Å²) in [5.74, 6) is 0.615. The van der Waals surface area contributed by atoms with Gasteiger partial charge < -0.3 is 19.6 Å². The summed E-state index contributed by atoms with van der Waals surface area (Å²) in [6.45, 7) is 9.72. The van der Waals surface area contributed by atoms with E-state index < -0.39 is 6.10 Å². The van der Waals surface area contributed by atoms with Crippen LogP contribution in [0.15, 0.2) is 52.4 Å². The number of ether oxygens (including phenoxy) is 2. The van der Waals surface area contributed by atoms with Crippen molar-refractivity contribution in [3.63, 3.8) is 0 Å². The van der Waals surface area contributed by atoms with Gasteiger partial charge in [0, 0.05) is 23.6 Å². The maximum absolute atomic E-state index is 12.4. The number of allylic oxidation sites excluding steroid dienone is 6. The SMILES string of the molecule is C/C=C(\C)[C@@H](O)[C@@H](C)/C=C/C=C/C/C(C)=C/Cc1[nH]c(OC)c(OC)c(=O)c1C. The molecule has 0 unspecified atom stereocenters. The zero-order chi connectivity index (χ0) is 22.0. The van der Waals surface area contributed by atoms with Gasteiger partial charge in [-0.3, -0.25) is 4.79 Å². The summed E-state index contributed by atoms with van der Waals surface area (Å²) in [6, 6.07) is 0. The fourth-order valence-electron chi connectivity index (χ4n) is 2.85. The van der Waals surface area contributed by atoms with Crippen LogP contribution in [0.3, 0.4) is 0 Å². The molecule has 0 spiro atoms. The van der Waals surface area contributed by atoms with E-state index in [1.54, 1.807) is 6.92 Å². The van der Waals surface area contributed by atoms with Crippen molar-refractivity contribution >= 4 is 0 Å². The molecule has 2 N–H and O–H groups in total. The van der Waals surface area contributed by atoms with Gasteiger partial charge in [0.15, 0.2) is 0 Å². The lowest BCUT2D eigenvalue weighted by Crippen LogP contribution is -2.16. The molecular weight excluding hydrogens is 366 g/mol. The van der Waals surface area contributed by atoms with Crippen LogP contribution < -0.4 is 14.9 Å². The van der Waals surface area contributed by atoms with Crippen molar-refractivity contribution in [1.82, 2.24) is 4.98 Å². The van der Waals surface area contributed by atoms with Gasteiger partial charge in [-0.1, -0.05) is 49.0 Å². The molecule has 0 fully saturated rings. The van der Waals surface area contributed by atoms with Crippen LogP contribution in [-0.2, 0) is 6.42 Å². The second kappa shape index (κ2) is 12.1. The molecule has 5 heteroatoms. The fraction of sp³-hybridized carbons (Fsp3) is 0.458. The highest BCUT2D eigenvalue weighted by Crippen LogP contribution is 2.22. The molecule has 0 saturated carbocycles. The van der Waals surface area contributed by atoms with E-state index in [0.717, 1.165) is 17.7 Å². The van der Waals surface area contributed by atoms with E-state index in [1.807, 2.05) is 45.1 Å². The normalized spacial score (nSPS) is 15.2. The Hall–Kier alpha value is -2.53. The summed E-state index contributed by atoms with van der Waals surface area (Å²) in [6.07, 6.45) is 13.1. The van der Waals surface area contributed by atoms with Crippen LogP contribution in [0.4, 0.5) is 0 Å². The third-order valence-corrected chi connectivity index (χ3v) is 5.05. The average Bonchev–Trinajstić information content (AvgIpc) is 2.72. The van der Waals surface area contributed by atoms with Crippen molar-refractivity contribution in [1.29, 1.82) is 0 Å². The number of aliphatic hydroxyl groups is 1. The van der Waals surface area contributed by atoms with E-state index in [1.165, 1.54) is 19.8 Å². The summed E-state index contributed by atoms with van der Waals surface area (Å²) in [7, 11) is 2.96. The quantitative estimate of drug-likeness (QED) is 0.442. The molecule has 0 saturated heterocycles. The summed E-state index contributed by atoms with van der Waals surface area (Å²) in [5.41, 5.74) is 3.47. The first-order valence-corrected chi connectivity index (χ1v) is 9.90. The Morgan fingerprint density at radius 3 is 2.48 bits per heavy atom. The highest BCUT2D eigenvalue weighted by molar-refractivity contribution is 5.40. The molecule has 0 aliphatic heterocycles. The van der Waals surface area contributed by atoms with E-state index in [9.17, 15) is 9.90 Å². The second-order valence-corrected chi connectivity index (χ2v) is 7.23. The number of methoxy groups -OCH3 is 2. The number of nitrogens with one attached hydrogen (secondary N) is 1. The van der Waals surface area contributed by atoms with Gasteiger partial charge in [-0.05, 0) is 39.7 Å². The first-order valence-electron chi connectivity index (χ1n) is 9.90. The molecule has 2 atom stereocenters. The summed E-state index contributed by atoms with van der Waals surface area (Å²) in [5, 5.41) is 10.1. The van der Waals surface area contributed by atoms with Crippen LogP contribution >= 0.6 is 0 Å². The number of aromatic amines is 1. The zero-order valence-electron chi connectivity index (χ0n) is 18.7. The van der Waals surface area contributed by atoms with Crippen molar-refractivity contribution in [3.05, 3.63) is 69.1 Å². The first-order chi connectivity index (χ1) is 13.8. The molecule has 160 valence electrons. The van der Waals surface area contributed by atoms with Crippen LogP contribution in [0, 0.1) is 12.8 Å². The monoisotopic (exact) mass is 401 g/mol. The number of aromatic nitrogens is 1. The Bertz CT molecular complexity index is 843. The Labute approximate surface area is 174 Å². The fourth-order valence-corrected chi connectivity index (χ4v) is 2.85. The van der Waals surface area contributed by atoms with Gasteiger partial charge in [0.05, 0.1) is 20.3 Å². The van der Waals surface area contributed by atoms with E-state index in [4.69, 9.17) is 9.47 Å². The molecule has 0 aliphatic carbocycles. The topological polar surface area (TPSA) is 71.6 Å². The van der Waals surface area contributed by atoms with Crippen LogP contribution in [0.25, 0.3) is 0 Å². The average molecular weight is 402 g/mol. The van der Waals surface area contributed by atoms with Gasteiger partial charge >= 0.3 is 0 Å². The smallest absolute Gasteiger partial charge is 0.238 e. The third-order valence-electron chi connectivity index (χ3n) is 5.05. The summed E-state index contributed by atoms with van der Waals surface area (Å²) >= 11 is 0. The van der Waals surface area contributed by atoms with Crippen LogP contribution in [0.2, 0.25) is 0 Å². The molecule has 0 aromatic carbocycles. The molecule has 29 heavy (non-hydrogen) atoms. The maximum Gasteiger partial charge on any atom is 0.238 e. The largest absolute Gasteiger partial charge is 0.488 e. The lowest BCUT2D eigenvalue weighted by Gasteiger charge is -2.15. The first kappa shape index (κ1) is 24.5. The predicted octanol–water partition coefficient (Wildman–Crippen LogP) is 4.66. The second-order valence-electron chi connectivity index (χ2n) is 7.23. The molecule has 0 bridgehead atoms. The minimum atomic E-state index is -0.446. The number of pyridine rings is 1. The standard InChI is InChI=1S/C24H35NO4/c1-8-17(3)21(26)18(4)13-11-9-10-12-16(2)14-15-20-19(5)22(27)23(28-6)24(25-20)29-7/h8-11,13-14,18,21,26H,12,15H2,1-7H3,(H,25,27)/b10-9+,13-11+,16-14+,17-8+/t18-,21+/m0/s1. The third kappa shape index (κ3) is 7.09. The maximum atomic E-state index is 12.4. The predicted molar refractivity (Wildman–Crippen MR) is 120 cm³/mol. The zero-order valence-corrected chi connectivity index (χ0v) is 18.7. The van der Waals surface area contributed by atoms with Crippen LogP contribution in [-0.4, -0.2) is 30.4 Å². The van der Waals surface area contributed by atoms with Gasteiger partial charge in [-0.25, -0.2) is 0 Å². The Morgan fingerprint density at radius 2 is 1.90 bits per heavy atom. The van der Waals surface area contributed by atoms with Crippen LogP contribution in [0.1, 0.15) is 45.4 Å². The van der Waals surface area contributed by atoms with Gasteiger partial charge in [-0.15, -0.1) is 0 Å². The van der Waals surface area contributed by atoms with Gasteiger partial charge in [-0.2, -0.15) is 0 Å². The molecule has 1 aromatic rings. The summed E-state index contributed by atoms with van der Waals surface area (Å²) in [4.78, 5) is 15.5. The van der Waals surface area contributed by atoms with Gasteiger partial charge in [0.1, 0.15) is 0 Å². The number of hydrogen-bond acceptors (Lipinski definition) is 4. The minimum absolute atomic E-state index is 0.0670. The Morgan fingerprint density at radius 1 is 1.21 bits per heavy atom. The molecule has 1 aromatic heterocycles. The molecule has 0 radical (unpaired) electrons. The van der Waals surface area contributed by atoms with Crippen molar-refractivity contribution in [3.8, 4) is 11.6 Å². The highest BCUT2D eigenvalue weighted by Gasteiger charge is 2.14. The molecule has 0 amide bonds. The van der Waals surface area contributed by atoms with Gasteiger partial charge in [0.2, 0.25) is 17.1 Å². The minimum Gasteiger partial charge on any atom is -0.488 e. The van der Waals surface area contributed by atoms with E-state index in [2.05, 4.69) is 24.1 Å². The van der Waals surface area contributed by atoms with Crippen LogP contribution in [0.5, 0.6) is 11.6 Å². The Balaban J connectivity index is 2.72. The molecule has 1 rings (SSSR count). The summed E-state index contributed by atoms with van der Waals surface area (Å²) < 4.78 is 10.4. The molecule has 1 heterocycles. The van der Waals surface area contributed by atoms with Crippen molar-refractivity contribution in [2.75, 3.05) is 14.2 Å². The number of hydrogen-bond donors (Lipinski definition) is 2. The Kier molecular flexibility index (Phi) is 10.2. The lowest BCUT2D eigenvalue weighted by molar-refractivity contribution is 0.173. The number of rotatable bonds is 10. The van der Waals surface area contributed by atoms with Crippen molar-refractivity contribution in [2.24, 2.45) is 5.92 Å². The van der Waals surface area contributed by atoms with Gasteiger partial charge in [0.25, 0.3) is 0 Å². The number of aliphatic hydroxyl groups excluding tert-OH is 1. The van der Waals surface area contributed by atoms with Crippen molar-refractivity contribution in [2.45, 2.75) is 53.6 Å². The van der Waals surface area contributed by atoms with Crippen molar-refractivity contribution < 1.29 is 14.6 Å².